The second-order valence-corrected chi connectivity index (χ2v) is 6.02. The van der Waals surface area contributed by atoms with Crippen LogP contribution in [0.3, 0.4) is 0 Å². The summed E-state index contributed by atoms with van der Waals surface area (Å²) in [5.41, 5.74) is 3.14. The lowest BCUT2D eigenvalue weighted by atomic mass is 10.1. The van der Waals surface area contributed by atoms with Gasteiger partial charge < -0.3 is 18.8 Å². The van der Waals surface area contributed by atoms with E-state index in [9.17, 15) is 9.90 Å². The number of methoxy groups -OCH3 is 1. The molecule has 0 aliphatic carbocycles. The number of carboxylic acid groups (broad SMARTS) is 1. The van der Waals surface area contributed by atoms with Crippen LogP contribution in [-0.2, 0) is 6.54 Å². The Hall–Kier alpha value is -3.47. The third-order valence-electron chi connectivity index (χ3n) is 4.40. The highest BCUT2D eigenvalue weighted by Gasteiger charge is 2.14. The largest absolute Gasteiger partial charge is 0.497 e. The fourth-order valence-corrected chi connectivity index (χ4v) is 3.16. The van der Waals surface area contributed by atoms with Crippen molar-refractivity contribution in [1.82, 2.24) is 4.57 Å². The zero-order chi connectivity index (χ0) is 18.1. The van der Waals surface area contributed by atoms with Gasteiger partial charge in [0.1, 0.15) is 11.5 Å². The van der Waals surface area contributed by atoms with E-state index in [-0.39, 0.29) is 5.56 Å². The maximum atomic E-state index is 11.3. The lowest BCUT2D eigenvalue weighted by Gasteiger charge is -2.11. The van der Waals surface area contributed by atoms with Crippen molar-refractivity contribution in [2.24, 2.45) is 0 Å². The summed E-state index contributed by atoms with van der Waals surface area (Å²) in [6.07, 6.45) is 1.64. The van der Waals surface area contributed by atoms with E-state index in [1.54, 1.807) is 31.6 Å². The molecule has 0 aliphatic rings. The molecular weight excluding hydrogens is 330 g/mol. The van der Waals surface area contributed by atoms with Crippen molar-refractivity contribution in [2.75, 3.05) is 7.11 Å². The summed E-state index contributed by atoms with van der Waals surface area (Å²) in [6.45, 7) is 0.535. The highest BCUT2D eigenvalue weighted by atomic mass is 16.5. The maximum absolute atomic E-state index is 11.3. The summed E-state index contributed by atoms with van der Waals surface area (Å²) in [5, 5.41) is 10.3. The second kappa shape index (κ2) is 6.44. The first-order valence-electron chi connectivity index (χ1n) is 8.19. The van der Waals surface area contributed by atoms with E-state index < -0.39 is 5.97 Å². The van der Waals surface area contributed by atoms with E-state index in [4.69, 9.17) is 9.15 Å². The Morgan fingerprint density at radius 1 is 1.12 bits per heavy atom. The average Bonchev–Trinajstić information content (AvgIpc) is 3.29. The van der Waals surface area contributed by atoms with E-state index in [1.165, 1.54) is 0 Å². The Bertz CT molecular complexity index is 1080. The molecule has 0 bridgehead atoms. The van der Waals surface area contributed by atoms with Gasteiger partial charge in [-0.05, 0) is 54.1 Å². The van der Waals surface area contributed by atoms with Crippen molar-refractivity contribution >= 4 is 16.9 Å². The average molecular weight is 347 g/mol. The van der Waals surface area contributed by atoms with Gasteiger partial charge in [-0.15, -0.1) is 0 Å². The first kappa shape index (κ1) is 16.0. The molecule has 0 radical (unpaired) electrons. The molecule has 0 amide bonds. The summed E-state index contributed by atoms with van der Waals surface area (Å²) in [7, 11) is 1.64. The van der Waals surface area contributed by atoms with E-state index in [0.29, 0.717) is 6.54 Å². The molecule has 26 heavy (non-hydrogen) atoms. The van der Waals surface area contributed by atoms with Crippen molar-refractivity contribution in [1.29, 1.82) is 0 Å². The lowest BCUT2D eigenvalue weighted by molar-refractivity contribution is 0.0696. The molecule has 0 saturated heterocycles. The van der Waals surface area contributed by atoms with Crippen molar-refractivity contribution in [3.05, 3.63) is 78.1 Å². The molecule has 4 aromatic rings. The van der Waals surface area contributed by atoms with Crippen LogP contribution in [-0.4, -0.2) is 22.8 Å². The van der Waals surface area contributed by atoms with Crippen LogP contribution in [0, 0.1) is 0 Å². The van der Waals surface area contributed by atoms with Crippen molar-refractivity contribution < 1.29 is 19.1 Å². The standard InChI is InChI=1S/C21H17NO4/c1-25-17-7-8-18-16(11-17)12-19(20-6-3-9-26-20)22(18)13-14-4-2-5-15(10-14)21(23)24/h2-12H,13H2,1H3,(H,23,24). The third-order valence-corrected chi connectivity index (χ3v) is 4.40. The molecule has 2 aromatic carbocycles. The fourth-order valence-electron chi connectivity index (χ4n) is 3.16. The van der Waals surface area contributed by atoms with Gasteiger partial charge in [-0.2, -0.15) is 0 Å². The minimum atomic E-state index is -0.930. The number of ether oxygens (including phenoxy) is 1. The van der Waals surface area contributed by atoms with Crippen molar-refractivity contribution in [3.63, 3.8) is 0 Å². The van der Waals surface area contributed by atoms with Crippen LogP contribution in [0.15, 0.2) is 71.3 Å². The zero-order valence-corrected chi connectivity index (χ0v) is 14.2. The Balaban J connectivity index is 1.86. The van der Waals surface area contributed by atoms with Crippen LogP contribution >= 0.6 is 0 Å². The number of hydrogen-bond donors (Lipinski definition) is 1. The molecule has 4 rings (SSSR count). The van der Waals surface area contributed by atoms with Gasteiger partial charge in [0.25, 0.3) is 0 Å². The van der Waals surface area contributed by atoms with Crippen molar-refractivity contribution in [2.45, 2.75) is 6.54 Å². The smallest absolute Gasteiger partial charge is 0.335 e. The van der Waals surface area contributed by atoms with Gasteiger partial charge in [0.05, 0.1) is 24.6 Å². The van der Waals surface area contributed by atoms with Gasteiger partial charge in [0.15, 0.2) is 0 Å². The molecule has 0 saturated carbocycles. The number of fused-ring (bicyclic) bond motifs is 1. The molecule has 0 aliphatic heterocycles. The number of carboxylic acids is 1. The molecule has 130 valence electrons. The lowest BCUT2D eigenvalue weighted by Crippen LogP contribution is -2.03. The van der Waals surface area contributed by atoms with Crippen LogP contribution in [0.5, 0.6) is 5.75 Å². The van der Waals surface area contributed by atoms with Crippen LogP contribution in [0.1, 0.15) is 15.9 Å². The Morgan fingerprint density at radius 2 is 2.00 bits per heavy atom. The Labute approximate surface area is 150 Å². The highest BCUT2D eigenvalue weighted by Crippen LogP contribution is 2.31. The third kappa shape index (κ3) is 2.84. The number of aromatic carboxylic acids is 1. The molecule has 1 N–H and O–H groups in total. The maximum Gasteiger partial charge on any atom is 0.335 e. The molecule has 5 nitrogen and oxygen atoms in total. The van der Waals surface area contributed by atoms with E-state index >= 15 is 0 Å². The summed E-state index contributed by atoms with van der Waals surface area (Å²) in [5.74, 6) is 0.614. The summed E-state index contributed by atoms with van der Waals surface area (Å²) in [6, 6.07) is 18.7. The minimum absolute atomic E-state index is 0.278. The first-order chi connectivity index (χ1) is 12.7. The Morgan fingerprint density at radius 3 is 2.73 bits per heavy atom. The van der Waals surface area contributed by atoms with Gasteiger partial charge >= 0.3 is 5.97 Å². The predicted molar refractivity (Wildman–Crippen MR) is 98.7 cm³/mol. The number of aromatic nitrogens is 1. The number of benzene rings is 2. The van der Waals surface area contributed by atoms with Gasteiger partial charge in [-0.25, -0.2) is 4.79 Å². The van der Waals surface area contributed by atoms with Crippen LogP contribution in [0.2, 0.25) is 0 Å². The summed E-state index contributed by atoms with van der Waals surface area (Å²) >= 11 is 0. The molecule has 0 unspecified atom stereocenters. The molecule has 2 aromatic heterocycles. The molecule has 5 heteroatoms. The minimum Gasteiger partial charge on any atom is -0.497 e. The van der Waals surface area contributed by atoms with Crippen LogP contribution < -0.4 is 4.74 Å². The van der Waals surface area contributed by atoms with E-state index in [0.717, 1.165) is 33.7 Å². The quantitative estimate of drug-likeness (QED) is 0.570. The number of furan rings is 1. The number of rotatable bonds is 5. The SMILES string of the molecule is COc1ccc2c(c1)cc(-c1ccco1)n2Cc1cccc(C(=O)O)c1. The molecule has 0 spiro atoms. The number of nitrogens with zero attached hydrogens (tertiary/aromatic N) is 1. The molecule has 0 atom stereocenters. The second-order valence-electron chi connectivity index (χ2n) is 6.02. The summed E-state index contributed by atoms with van der Waals surface area (Å²) < 4.78 is 13.0. The monoisotopic (exact) mass is 347 g/mol. The normalized spacial score (nSPS) is 11.0. The van der Waals surface area contributed by atoms with E-state index in [2.05, 4.69) is 10.6 Å². The number of hydrogen-bond acceptors (Lipinski definition) is 3. The predicted octanol–water partition coefficient (Wildman–Crippen LogP) is 4.66. The first-order valence-corrected chi connectivity index (χ1v) is 8.19. The van der Waals surface area contributed by atoms with Gasteiger partial charge in [-0.1, -0.05) is 12.1 Å². The summed E-state index contributed by atoms with van der Waals surface area (Å²) in [4.78, 5) is 11.3. The Kier molecular flexibility index (Phi) is 3.97. The van der Waals surface area contributed by atoms with Crippen molar-refractivity contribution in [3.8, 4) is 17.2 Å². The van der Waals surface area contributed by atoms with Crippen LogP contribution in [0.25, 0.3) is 22.4 Å². The molecule has 2 heterocycles. The number of carbonyl (C=O) groups is 1. The van der Waals surface area contributed by atoms with Gasteiger partial charge in [0.2, 0.25) is 0 Å². The van der Waals surface area contributed by atoms with Gasteiger partial charge in [-0.3, -0.25) is 0 Å². The zero-order valence-electron chi connectivity index (χ0n) is 14.2. The highest BCUT2D eigenvalue weighted by molar-refractivity contribution is 5.88. The molecular formula is C21H17NO4. The topological polar surface area (TPSA) is 64.6 Å². The van der Waals surface area contributed by atoms with E-state index in [1.807, 2.05) is 36.4 Å². The van der Waals surface area contributed by atoms with Gasteiger partial charge in [0, 0.05) is 17.4 Å². The van der Waals surface area contributed by atoms with Crippen LogP contribution in [0.4, 0.5) is 0 Å². The fraction of sp³-hybridized carbons (Fsp3) is 0.0952. The molecule has 0 fully saturated rings.